The number of allylic oxidation sites excluding steroid dienone is 16. The van der Waals surface area contributed by atoms with Crippen LogP contribution in [-0.2, 0) is 32.7 Å². The first-order valence-corrected chi connectivity index (χ1v) is 25.6. The first kappa shape index (κ1) is 60.7. The summed E-state index contributed by atoms with van der Waals surface area (Å²) < 4.78 is 33.4. The van der Waals surface area contributed by atoms with Crippen molar-refractivity contribution in [1.82, 2.24) is 0 Å². The van der Waals surface area contributed by atoms with Gasteiger partial charge < -0.3 is 45.0 Å². The molecule has 14 nitrogen and oxygen atoms in total. The van der Waals surface area contributed by atoms with Gasteiger partial charge in [-0.25, -0.2) is 4.57 Å². The third-order valence-electron chi connectivity index (χ3n) is 10.6. The molecule has 1 fully saturated rings. The molecule has 0 aromatic heterocycles. The summed E-state index contributed by atoms with van der Waals surface area (Å²) in [6, 6.07) is 0. The van der Waals surface area contributed by atoms with E-state index in [1.807, 2.05) is 25.2 Å². The van der Waals surface area contributed by atoms with Crippen LogP contribution in [0.2, 0.25) is 0 Å². The molecule has 0 radical (unpaired) electrons. The Morgan fingerprint density at radius 1 is 0.530 bits per heavy atom. The number of phosphoric ester groups is 1. The normalized spacial score (nSPS) is 22.6. The van der Waals surface area contributed by atoms with Crippen molar-refractivity contribution in [3.05, 3.63) is 97.2 Å². The lowest BCUT2D eigenvalue weighted by Gasteiger charge is -2.41. The highest BCUT2D eigenvalue weighted by Crippen LogP contribution is 2.47. The minimum Gasteiger partial charge on any atom is -0.462 e. The zero-order valence-corrected chi connectivity index (χ0v) is 40.4. The molecule has 66 heavy (non-hydrogen) atoms. The number of unbranched alkanes of at least 4 members (excludes halogenated alkanes) is 7. The molecule has 0 saturated heterocycles. The number of aliphatic hydroxyl groups excluding tert-OH is 6. The maximum atomic E-state index is 12.8. The van der Waals surface area contributed by atoms with Crippen molar-refractivity contribution in [2.45, 2.75) is 198 Å². The molecule has 0 aromatic rings. The standard InChI is InChI=1S/C51H83O14P/c1-3-5-6-7-8-9-10-11-12-13-14-15-16-20-23-26-29-32-35-38-44(53)62-40-43(41-63-66(60,61)65-51-49(58)47(56)46(55)48(57)50(51)59)64-45(54)39-36-33-30-27-24-21-18-17-19-22-25-28-31-34-37-42(52)4-2/h8-9,11-12,14-15,18-23,27-28,30-31,42-43,46-52,55-59H,3-7,10,13,16-17,24-26,29,32-41H2,1-2H3,(H,60,61)/b9-8-,12-11-,15-14-,21-18-,22-19-,23-20-,30-27-,31-28-/t42-,43-,46?,47-,48+,49-,50-,51?/m1/s1. The van der Waals surface area contributed by atoms with Crippen molar-refractivity contribution >= 4 is 19.8 Å². The van der Waals surface area contributed by atoms with Gasteiger partial charge in [0.05, 0.1) is 12.7 Å². The largest absolute Gasteiger partial charge is 0.472 e. The number of ether oxygens (including phenoxy) is 2. The molecule has 7 N–H and O–H groups in total. The smallest absolute Gasteiger partial charge is 0.462 e. The fraction of sp³-hybridized carbons (Fsp3) is 0.647. The van der Waals surface area contributed by atoms with Gasteiger partial charge in [0.2, 0.25) is 0 Å². The van der Waals surface area contributed by atoms with Gasteiger partial charge in [-0.2, -0.15) is 0 Å². The maximum Gasteiger partial charge on any atom is 0.472 e. The average Bonchev–Trinajstić information content (AvgIpc) is 3.30. The summed E-state index contributed by atoms with van der Waals surface area (Å²) in [5.74, 6) is -1.23. The van der Waals surface area contributed by atoms with E-state index >= 15 is 0 Å². The van der Waals surface area contributed by atoms with Crippen molar-refractivity contribution in [3.63, 3.8) is 0 Å². The molecule has 0 aromatic carbocycles. The molecule has 376 valence electrons. The van der Waals surface area contributed by atoms with E-state index in [0.29, 0.717) is 19.3 Å². The van der Waals surface area contributed by atoms with Gasteiger partial charge >= 0.3 is 19.8 Å². The second kappa shape index (κ2) is 39.7. The zero-order valence-electron chi connectivity index (χ0n) is 39.6. The van der Waals surface area contributed by atoms with E-state index in [0.717, 1.165) is 83.5 Å². The molecule has 15 heteroatoms. The first-order valence-electron chi connectivity index (χ1n) is 24.1. The quantitative estimate of drug-likeness (QED) is 0.0133. The van der Waals surface area contributed by atoms with Gasteiger partial charge in [-0.15, -0.1) is 0 Å². The first-order chi connectivity index (χ1) is 31.8. The Kier molecular flexibility index (Phi) is 36.5. The molecule has 0 spiro atoms. The van der Waals surface area contributed by atoms with Crippen LogP contribution in [0.25, 0.3) is 0 Å². The van der Waals surface area contributed by atoms with E-state index in [2.05, 4.69) is 85.9 Å². The van der Waals surface area contributed by atoms with Gasteiger partial charge in [-0.05, 0) is 103 Å². The Labute approximate surface area is 394 Å². The van der Waals surface area contributed by atoms with Crippen molar-refractivity contribution < 1.29 is 68.2 Å². The molecule has 0 bridgehead atoms. The van der Waals surface area contributed by atoms with Crippen molar-refractivity contribution in [3.8, 4) is 0 Å². The number of hydrogen-bond donors (Lipinski definition) is 7. The molecule has 0 amide bonds. The number of carbonyl (C=O) groups is 2. The Morgan fingerprint density at radius 3 is 1.44 bits per heavy atom. The van der Waals surface area contributed by atoms with Crippen LogP contribution < -0.4 is 0 Å². The Hall–Kier alpha value is -3.27. The van der Waals surface area contributed by atoms with E-state index in [1.54, 1.807) is 0 Å². The molecule has 0 heterocycles. The van der Waals surface area contributed by atoms with Crippen LogP contribution in [-0.4, -0.2) is 110 Å². The molecule has 0 aliphatic heterocycles. The number of aliphatic hydroxyl groups is 6. The number of rotatable bonds is 38. The topological polar surface area (TPSA) is 230 Å². The van der Waals surface area contributed by atoms with Crippen LogP contribution in [0.1, 0.15) is 149 Å². The van der Waals surface area contributed by atoms with Gasteiger partial charge in [-0.1, -0.05) is 130 Å². The number of phosphoric acid groups is 1. The monoisotopic (exact) mass is 951 g/mol. The highest BCUT2D eigenvalue weighted by molar-refractivity contribution is 7.47. The Bertz CT molecular complexity index is 1540. The van der Waals surface area contributed by atoms with Gasteiger partial charge in [0.1, 0.15) is 43.2 Å². The third kappa shape index (κ3) is 31.7. The van der Waals surface area contributed by atoms with Gasteiger partial charge in [-0.3, -0.25) is 18.6 Å². The molecule has 1 saturated carbocycles. The van der Waals surface area contributed by atoms with Gasteiger partial charge in [0, 0.05) is 12.8 Å². The predicted octanol–water partition coefficient (Wildman–Crippen LogP) is 8.80. The zero-order chi connectivity index (χ0) is 48.7. The highest BCUT2D eigenvalue weighted by atomic mass is 31.2. The lowest BCUT2D eigenvalue weighted by molar-refractivity contribution is -0.220. The second-order valence-corrected chi connectivity index (χ2v) is 17.8. The van der Waals surface area contributed by atoms with Crippen LogP contribution in [0, 0.1) is 0 Å². The van der Waals surface area contributed by atoms with Crippen LogP contribution in [0.15, 0.2) is 97.2 Å². The molecule has 1 rings (SSSR count). The molecule has 1 aliphatic carbocycles. The van der Waals surface area contributed by atoms with Crippen molar-refractivity contribution in [2.75, 3.05) is 13.2 Å². The van der Waals surface area contributed by atoms with Crippen LogP contribution in [0.5, 0.6) is 0 Å². The summed E-state index contributed by atoms with van der Waals surface area (Å²) >= 11 is 0. The summed E-state index contributed by atoms with van der Waals surface area (Å²) in [6.45, 7) is 2.91. The van der Waals surface area contributed by atoms with Crippen molar-refractivity contribution in [1.29, 1.82) is 0 Å². The van der Waals surface area contributed by atoms with E-state index in [4.69, 9.17) is 18.5 Å². The number of hydrogen-bond acceptors (Lipinski definition) is 13. The molecule has 1 aliphatic rings. The molecule has 9 atom stereocenters. The predicted molar refractivity (Wildman–Crippen MR) is 259 cm³/mol. The summed E-state index contributed by atoms with van der Waals surface area (Å²) in [7, 11) is -5.16. The highest BCUT2D eigenvalue weighted by Gasteiger charge is 2.51. The average molecular weight is 951 g/mol. The number of carbonyl (C=O) groups excluding carboxylic acids is 2. The summed E-state index contributed by atoms with van der Waals surface area (Å²) in [6.07, 6.45) is 36.8. The second-order valence-electron chi connectivity index (χ2n) is 16.4. The summed E-state index contributed by atoms with van der Waals surface area (Å²) in [5, 5.41) is 59.8. The lowest BCUT2D eigenvalue weighted by Crippen LogP contribution is -2.64. The summed E-state index contributed by atoms with van der Waals surface area (Å²) in [5.41, 5.74) is 0. The SMILES string of the molecule is CCCCC/C=C\C/C=C\C/C=C\C/C=C\CCCCCC(=O)OC[C@H](COP(=O)(O)OC1[C@H](O)[C@H](O)C(O)[C@H](O)[C@H]1O)OC(=O)CCC/C=C\C/C=C\C/C=C\C/C=C\CC[C@H](O)CC. The van der Waals surface area contributed by atoms with Crippen LogP contribution >= 0.6 is 7.82 Å². The fourth-order valence-electron chi connectivity index (χ4n) is 6.48. The molecule has 3 unspecified atom stereocenters. The Morgan fingerprint density at radius 2 is 0.955 bits per heavy atom. The van der Waals surface area contributed by atoms with Gasteiger partial charge in [0.25, 0.3) is 0 Å². The minimum atomic E-state index is -5.16. The third-order valence-corrected chi connectivity index (χ3v) is 11.5. The van der Waals surface area contributed by atoms with E-state index in [-0.39, 0.29) is 18.9 Å². The van der Waals surface area contributed by atoms with Crippen LogP contribution in [0.3, 0.4) is 0 Å². The van der Waals surface area contributed by atoms with Crippen molar-refractivity contribution in [2.24, 2.45) is 0 Å². The lowest BCUT2D eigenvalue weighted by atomic mass is 9.85. The molecular weight excluding hydrogens is 868 g/mol. The van der Waals surface area contributed by atoms with E-state index < -0.39 is 75.7 Å². The summed E-state index contributed by atoms with van der Waals surface area (Å²) in [4.78, 5) is 35.7. The number of esters is 2. The maximum absolute atomic E-state index is 12.8. The van der Waals surface area contributed by atoms with E-state index in [1.165, 1.54) is 19.3 Å². The van der Waals surface area contributed by atoms with Crippen LogP contribution in [0.4, 0.5) is 0 Å². The minimum absolute atomic E-state index is 0.00561. The van der Waals surface area contributed by atoms with Gasteiger partial charge in [0.15, 0.2) is 6.10 Å². The molecular formula is C51H83O14P. The fourth-order valence-corrected chi connectivity index (χ4v) is 7.45. The van der Waals surface area contributed by atoms with E-state index in [9.17, 15) is 49.7 Å². The Balaban J connectivity index is 2.52.